The molecule has 0 unspecified atom stereocenters. The second-order valence-corrected chi connectivity index (χ2v) is 3.36. The third-order valence-corrected chi connectivity index (χ3v) is 1.74. The number of anilines is 2. The monoisotopic (exact) mass is 248 g/mol. The van der Waals surface area contributed by atoms with Gasteiger partial charge in [-0.3, -0.25) is 0 Å². The molecule has 0 aliphatic carbocycles. The summed E-state index contributed by atoms with van der Waals surface area (Å²) in [5, 5.41) is 6.22. The average molecular weight is 248 g/mol. The fourth-order valence-electron chi connectivity index (χ4n) is 1.03. The molecule has 0 heterocycles. The number of allylic oxidation sites excluding steroid dienone is 1. The maximum atomic E-state index is 3.79. The van der Waals surface area contributed by atoms with Crippen molar-refractivity contribution in [3.63, 3.8) is 0 Å². The van der Waals surface area contributed by atoms with Crippen molar-refractivity contribution in [3.8, 4) is 0 Å². The van der Waals surface area contributed by atoms with Gasteiger partial charge >= 0.3 is 0 Å². The Morgan fingerprint density at radius 1 is 1.17 bits per heavy atom. The molecule has 102 valence electrons. The lowest BCUT2D eigenvalue weighted by molar-refractivity contribution is 1.09. The van der Waals surface area contributed by atoms with E-state index in [0.717, 1.165) is 17.1 Å². The fourth-order valence-corrected chi connectivity index (χ4v) is 1.03. The molecule has 0 amide bonds. The molecule has 0 aromatic heterocycles. The van der Waals surface area contributed by atoms with Gasteiger partial charge in [-0.2, -0.15) is 0 Å². The summed E-state index contributed by atoms with van der Waals surface area (Å²) in [6, 6.07) is 7.94. The predicted octanol–water partition coefficient (Wildman–Crippen LogP) is 5.28. The zero-order valence-electron chi connectivity index (χ0n) is 12.5. The van der Waals surface area contributed by atoms with Crippen molar-refractivity contribution >= 4 is 11.4 Å². The minimum atomic E-state index is 0.794. The average Bonchev–Trinajstić information content (AvgIpc) is 2.42. The molecule has 2 nitrogen and oxygen atoms in total. The van der Waals surface area contributed by atoms with Gasteiger partial charge in [-0.15, -0.1) is 0 Å². The highest BCUT2D eigenvalue weighted by Gasteiger charge is 1.97. The van der Waals surface area contributed by atoms with Crippen LogP contribution in [0.5, 0.6) is 0 Å². The third kappa shape index (κ3) is 8.45. The first kappa shape index (κ1) is 18.7. The van der Waals surface area contributed by atoms with E-state index in [4.69, 9.17) is 0 Å². The molecule has 0 radical (unpaired) electrons. The molecule has 0 spiro atoms. The van der Waals surface area contributed by atoms with E-state index in [1.165, 1.54) is 6.42 Å². The van der Waals surface area contributed by atoms with Gasteiger partial charge in [0.1, 0.15) is 0 Å². The van der Waals surface area contributed by atoms with Crippen molar-refractivity contribution < 1.29 is 0 Å². The Balaban J connectivity index is 0. The van der Waals surface area contributed by atoms with Gasteiger partial charge in [-0.25, -0.2) is 0 Å². The minimum Gasteiger partial charge on any atom is -0.386 e. The SMILES string of the molecule is C=CC(=C)Nc1ccccc1NC.CC.CCC. The summed E-state index contributed by atoms with van der Waals surface area (Å²) < 4.78 is 0. The highest BCUT2D eigenvalue weighted by Crippen LogP contribution is 2.21. The predicted molar refractivity (Wildman–Crippen MR) is 86.3 cm³/mol. The summed E-state index contributed by atoms with van der Waals surface area (Å²) >= 11 is 0. The van der Waals surface area contributed by atoms with Crippen LogP contribution < -0.4 is 10.6 Å². The Morgan fingerprint density at radius 2 is 1.61 bits per heavy atom. The summed E-state index contributed by atoms with van der Waals surface area (Å²) in [4.78, 5) is 0. The third-order valence-electron chi connectivity index (χ3n) is 1.74. The molecule has 2 N–H and O–H groups in total. The maximum absolute atomic E-state index is 3.79. The van der Waals surface area contributed by atoms with Gasteiger partial charge < -0.3 is 10.6 Å². The lowest BCUT2D eigenvalue weighted by Crippen LogP contribution is -1.99. The van der Waals surface area contributed by atoms with Crippen LogP contribution in [0.4, 0.5) is 11.4 Å². The first-order valence-corrected chi connectivity index (χ1v) is 6.54. The molecule has 1 aromatic rings. The summed E-state index contributed by atoms with van der Waals surface area (Å²) in [6.45, 7) is 15.7. The Hall–Kier alpha value is -1.70. The number of nitrogens with one attached hydrogen (secondary N) is 2. The van der Waals surface area contributed by atoms with Gasteiger partial charge in [-0.1, -0.05) is 59.4 Å². The molecular formula is C16H28N2. The molecule has 0 saturated carbocycles. The lowest BCUT2D eigenvalue weighted by Gasteiger charge is -2.10. The highest BCUT2D eigenvalue weighted by molar-refractivity contribution is 5.70. The normalized spacial score (nSPS) is 7.83. The lowest BCUT2D eigenvalue weighted by atomic mass is 10.2. The van der Waals surface area contributed by atoms with Crippen LogP contribution in [0.25, 0.3) is 0 Å². The van der Waals surface area contributed by atoms with E-state index in [2.05, 4.69) is 37.6 Å². The summed E-state index contributed by atoms with van der Waals surface area (Å²) in [6.07, 6.45) is 2.94. The van der Waals surface area contributed by atoms with Crippen molar-refractivity contribution in [3.05, 3.63) is 49.2 Å². The molecule has 1 aromatic carbocycles. The molecule has 0 aliphatic heterocycles. The number of para-hydroxylation sites is 2. The van der Waals surface area contributed by atoms with Crippen LogP contribution in [0.3, 0.4) is 0 Å². The summed E-state index contributed by atoms with van der Waals surface area (Å²) in [7, 11) is 1.89. The molecule has 0 saturated heterocycles. The molecule has 0 bridgehead atoms. The van der Waals surface area contributed by atoms with E-state index in [9.17, 15) is 0 Å². The Labute approximate surface area is 113 Å². The molecule has 1 rings (SSSR count). The van der Waals surface area contributed by atoms with Crippen molar-refractivity contribution in [1.82, 2.24) is 0 Å². The Morgan fingerprint density at radius 3 is 2.00 bits per heavy atom. The van der Waals surface area contributed by atoms with E-state index in [0.29, 0.717) is 0 Å². The van der Waals surface area contributed by atoms with Gasteiger partial charge in [0.15, 0.2) is 0 Å². The van der Waals surface area contributed by atoms with Crippen LogP contribution in [-0.4, -0.2) is 7.05 Å². The number of rotatable bonds is 4. The number of hydrogen-bond acceptors (Lipinski definition) is 2. The van der Waals surface area contributed by atoms with Crippen molar-refractivity contribution in [1.29, 1.82) is 0 Å². The maximum Gasteiger partial charge on any atom is 0.0619 e. The number of benzene rings is 1. The molecular weight excluding hydrogens is 220 g/mol. The molecule has 0 aliphatic rings. The first-order chi connectivity index (χ1) is 8.69. The Kier molecular flexibility index (Phi) is 13.9. The largest absolute Gasteiger partial charge is 0.386 e. The van der Waals surface area contributed by atoms with Crippen LogP contribution in [0.15, 0.2) is 49.2 Å². The quantitative estimate of drug-likeness (QED) is 0.708. The van der Waals surface area contributed by atoms with Crippen LogP contribution in [-0.2, 0) is 0 Å². The molecule has 18 heavy (non-hydrogen) atoms. The van der Waals surface area contributed by atoms with Gasteiger partial charge in [0, 0.05) is 12.7 Å². The van der Waals surface area contributed by atoms with Crippen molar-refractivity contribution in [2.45, 2.75) is 34.1 Å². The van der Waals surface area contributed by atoms with E-state index in [1.54, 1.807) is 6.08 Å². The van der Waals surface area contributed by atoms with Gasteiger partial charge in [0.2, 0.25) is 0 Å². The van der Waals surface area contributed by atoms with Gasteiger partial charge in [-0.05, 0) is 18.2 Å². The summed E-state index contributed by atoms with van der Waals surface area (Å²) in [5.74, 6) is 0. The Bertz CT molecular complexity index is 330. The van der Waals surface area contributed by atoms with Crippen molar-refractivity contribution in [2.75, 3.05) is 17.7 Å². The highest BCUT2D eigenvalue weighted by atomic mass is 14.9. The smallest absolute Gasteiger partial charge is 0.0619 e. The van der Waals surface area contributed by atoms with E-state index in [1.807, 2.05) is 45.2 Å². The topological polar surface area (TPSA) is 24.1 Å². The van der Waals surface area contributed by atoms with Crippen LogP contribution in [0, 0.1) is 0 Å². The fraction of sp³-hybridized carbons (Fsp3) is 0.375. The van der Waals surface area contributed by atoms with E-state index >= 15 is 0 Å². The zero-order chi connectivity index (χ0) is 14.4. The zero-order valence-corrected chi connectivity index (χ0v) is 12.5. The molecule has 2 heteroatoms. The van der Waals surface area contributed by atoms with Gasteiger partial charge in [0.25, 0.3) is 0 Å². The van der Waals surface area contributed by atoms with Crippen molar-refractivity contribution in [2.24, 2.45) is 0 Å². The van der Waals surface area contributed by atoms with E-state index in [-0.39, 0.29) is 0 Å². The second-order valence-electron chi connectivity index (χ2n) is 3.36. The molecule has 0 atom stereocenters. The molecule has 0 fully saturated rings. The van der Waals surface area contributed by atoms with Crippen LogP contribution in [0.1, 0.15) is 34.1 Å². The first-order valence-electron chi connectivity index (χ1n) is 6.54. The van der Waals surface area contributed by atoms with E-state index < -0.39 is 0 Å². The van der Waals surface area contributed by atoms with Gasteiger partial charge in [0.05, 0.1) is 11.4 Å². The van der Waals surface area contributed by atoms with Crippen LogP contribution >= 0.6 is 0 Å². The van der Waals surface area contributed by atoms with Crippen LogP contribution in [0.2, 0.25) is 0 Å². The minimum absolute atomic E-state index is 0.794. The number of hydrogen-bond donors (Lipinski definition) is 2. The summed E-state index contributed by atoms with van der Waals surface area (Å²) in [5.41, 5.74) is 2.85. The second kappa shape index (κ2) is 13.4. The standard InChI is InChI=1S/C11H14N2.C3H8.C2H6/c1-4-9(2)13-11-8-6-5-7-10(11)12-3;1-3-2;1-2/h4-8,12-13H,1-2H2,3H3;3H2,1-2H3;1-2H3.